The highest BCUT2D eigenvalue weighted by atomic mass is 16.6. The number of benzene rings is 2. The van der Waals surface area contributed by atoms with Crippen molar-refractivity contribution in [2.24, 2.45) is 0 Å². The zero-order chi connectivity index (χ0) is 16.8. The minimum absolute atomic E-state index is 0.0486. The molecule has 0 saturated heterocycles. The quantitative estimate of drug-likeness (QED) is 0.677. The van der Waals surface area contributed by atoms with Gasteiger partial charge in [0.15, 0.2) is 0 Å². The van der Waals surface area contributed by atoms with E-state index in [1.165, 1.54) is 31.3 Å². The van der Waals surface area contributed by atoms with E-state index in [4.69, 9.17) is 0 Å². The Labute approximate surface area is 132 Å². The van der Waals surface area contributed by atoms with E-state index in [-0.39, 0.29) is 23.7 Å². The number of carbonyl (C=O) groups excluding carboxylic acids is 2. The van der Waals surface area contributed by atoms with E-state index in [0.29, 0.717) is 5.69 Å². The predicted molar refractivity (Wildman–Crippen MR) is 85.1 cm³/mol. The van der Waals surface area contributed by atoms with Gasteiger partial charge in [-0.05, 0) is 18.2 Å². The lowest BCUT2D eigenvalue weighted by Gasteiger charge is -2.16. The molecule has 23 heavy (non-hydrogen) atoms. The molecule has 0 fully saturated rings. The van der Waals surface area contributed by atoms with E-state index in [1.807, 2.05) is 6.07 Å². The molecule has 7 heteroatoms. The number of likely N-dealkylation sites (N-methyl/N-ethyl adjacent to an activating group) is 1. The van der Waals surface area contributed by atoms with Gasteiger partial charge in [-0.2, -0.15) is 0 Å². The van der Waals surface area contributed by atoms with E-state index >= 15 is 0 Å². The second kappa shape index (κ2) is 7.17. The first-order valence-electron chi connectivity index (χ1n) is 6.83. The van der Waals surface area contributed by atoms with Crippen LogP contribution in [0, 0.1) is 10.1 Å². The highest BCUT2D eigenvalue weighted by Gasteiger charge is 2.23. The fourth-order valence-corrected chi connectivity index (χ4v) is 2.03. The zero-order valence-electron chi connectivity index (χ0n) is 12.4. The lowest BCUT2D eigenvalue weighted by molar-refractivity contribution is -0.385. The third-order valence-corrected chi connectivity index (χ3v) is 3.12. The summed E-state index contributed by atoms with van der Waals surface area (Å²) in [5.41, 5.74) is 0.282. The van der Waals surface area contributed by atoms with Crippen molar-refractivity contribution in [3.8, 4) is 0 Å². The molecule has 0 aliphatic carbocycles. The van der Waals surface area contributed by atoms with Crippen molar-refractivity contribution in [3.05, 3.63) is 70.3 Å². The number of nitro groups is 1. The molecule has 1 N–H and O–H groups in total. The fourth-order valence-electron chi connectivity index (χ4n) is 2.03. The molecule has 0 atom stereocenters. The van der Waals surface area contributed by atoms with Gasteiger partial charge in [-0.3, -0.25) is 19.7 Å². The Bertz CT molecular complexity index is 731. The smallest absolute Gasteiger partial charge is 0.282 e. The second-order valence-corrected chi connectivity index (χ2v) is 4.85. The van der Waals surface area contributed by atoms with Crippen LogP contribution in [0.2, 0.25) is 0 Å². The molecule has 2 aromatic carbocycles. The first kappa shape index (κ1) is 16.2. The summed E-state index contributed by atoms with van der Waals surface area (Å²) < 4.78 is 0. The molecule has 0 saturated carbocycles. The van der Waals surface area contributed by atoms with Gasteiger partial charge in [0.2, 0.25) is 5.91 Å². The first-order chi connectivity index (χ1) is 11.0. The van der Waals surface area contributed by atoms with Crippen LogP contribution in [0.1, 0.15) is 10.4 Å². The van der Waals surface area contributed by atoms with E-state index < -0.39 is 10.8 Å². The number of amides is 2. The Kier molecular flexibility index (Phi) is 5.03. The van der Waals surface area contributed by atoms with Crippen LogP contribution in [-0.2, 0) is 4.79 Å². The highest BCUT2D eigenvalue weighted by molar-refractivity contribution is 6.01. The molecule has 0 aromatic heterocycles. The van der Waals surface area contributed by atoms with Gasteiger partial charge in [-0.15, -0.1) is 0 Å². The standard InChI is InChI=1S/C16H15N3O4/c1-18(11-15(20)17-12-7-3-2-4-8-12)16(21)13-9-5-6-10-14(13)19(22)23/h2-10H,11H2,1H3,(H,17,20). The molecule has 0 unspecified atom stereocenters. The van der Waals surface area contributed by atoms with Crippen molar-refractivity contribution in [1.29, 1.82) is 0 Å². The SMILES string of the molecule is CN(CC(=O)Nc1ccccc1)C(=O)c1ccccc1[N+](=O)[O-]. The van der Waals surface area contributed by atoms with Crippen molar-refractivity contribution in [3.63, 3.8) is 0 Å². The number of hydrogen-bond donors (Lipinski definition) is 1. The van der Waals surface area contributed by atoms with E-state index in [0.717, 1.165) is 4.90 Å². The van der Waals surface area contributed by atoms with Gasteiger partial charge in [0.1, 0.15) is 5.56 Å². The van der Waals surface area contributed by atoms with Crippen LogP contribution in [0.5, 0.6) is 0 Å². The van der Waals surface area contributed by atoms with Crippen molar-refractivity contribution >= 4 is 23.2 Å². The van der Waals surface area contributed by atoms with Crippen LogP contribution < -0.4 is 5.32 Å². The minimum Gasteiger partial charge on any atom is -0.332 e. The predicted octanol–water partition coefficient (Wildman–Crippen LogP) is 2.31. The maximum Gasteiger partial charge on any atom is 0.282 e. The Balaban J connectivity index is 2.06. The molecule has 0 aliphatic rings. The summed E-state index contributed by atoms with van der Waals surface area (Å²) in [4.78, 5) is 35.7. The summed E-state index contributed by atoms with van der Waals surface area (Å²) in [6.45, 7) is -0.209. The van der Waals surface area contributed by atoms with Crippen LogP contribution in [0.25, 0.3) is 0 Å². The van der Waals surface area contributed by atoms with E-state index in [9.17, 15) is 19.7 Å². The third-order valence-electron chi connectivity index (χ3n) is 3.12. The van der Waals surface area contributed by atoms with Crippen molar-refractivity contribution in [2.75, 3.05) is 18.9 Å². The lowest BCUT2D eigenvalue weighted by atomic mass is 10.1. The van der Waals surface area contributed by atoms with Crippen LogP contribution in [0.3, 0.4) is 0 Å². The van der Waals surface area contributed by atoms with E-state index in [1.54, 1.807) is 24.3 Å². The number of para-hydroxylation sites is 2. The molecule has 2 rings (SSSR count). The third kappa shape index (κ3) is 4.13. The molecule has 0 heterocycles. The molecule has 0 aliphatic heterocycles. The lowest BCUT2D eigenvalue weighted by Crippen LogP contribution is -2.35. The first-order valence-corrected chi connectivity index (χ1v) is 6.83. The number of nitrogens with zero attached hydrogens (tertiary/aromatic N) is 2. The summed E-state index contributed by atoms with van der Waals surface area (Å²) in [6.07, 6.45) is 0. The summed E-state index contributed by atoms with van der Waals surface area (Å²) >= 11 is 0. The van der Waals surface area contributed by atoms with Crippen molar-refractivity contribution in [2.45, 2.75) is 0 Å². The van der Waals surface area contributed by atoms with Crippen molar-refractivity contribution in [1.82, 2.24) is 4.90 Å². The molecule has 0 spiro atoms. The van der Waals surface area contributed by atoms with Gasteiger partial charge in [0, 0.05) is 18.8 Å². The second-order valence-electron chi connectivity index (χ2n) is 4.85. The largest absolute Gasteiger partial charge is 0.332 e. The average molecular weight is 313 g/mol. The summed E-state index contributed by atoms with van der Waals surface area (Å²) in [6, 6.07) is 14.5. The number of hydrogen-bond acceptors (Lipinski definition) is 4. The monoisotopic (exact) mass is 313 g/mol. The van der Waals surface area contributed by atoms with Crippen molar-refractivity contribution < 1.29 is 14.5 Å². The Morgan fingerprint density at radius 2 is 1.70 bits per heavy atom. The fraction of sp³-hybridized carbons (Fsp3) is 0.125. The van der Waals surface area contributed by atoms with Gasteiger partial charge < -0.3 is 10.2 Å². The average Bonchev–Trinajstić information content (AvgIpc) is 2.54. The molecule has 2 amide bonds. The van der Waals surface area contributed by atoms with Gasteiger partial charge in [-0.25, -0.2) is 0 Å². The molecule has 0 radical (unpaired) electrons. The maximum absolute atomic E-state index is 12.3. The Morgan fingerprint density at radius 3 is 2.35 bits per heavy atom. The summed E-state index contributed by atoms with van der Waals surface area (Å²) in [5.74, 6) is -0.967. The van der Waals surface area contributed by atoms with Gasteiger partial charge in [0.25, 0.3) is 11.6 Å². The van der Waals surface area contributed by atoms with Crippen LogP contribution in [0.15, 0.2) is 54.6 Å². The topological polar surface area (TPSA) is 92.6 Å². The van der Waals surface area contributed by atoms with E-state index in [2.05, 4.69) is 5.32 Å². The number of nitro benzene ring substituents is 1. The maximum atomic E-state index is 12.3. The molecule has 0 bridgehead atoms. The molecule has 118 valence electrons. The number of rotatable bonds is 5. The summed E-state index contributed by atoms with van der Waals surface area (Å²) in [5, 5.41) is 13.6. The molecule has 2 aromatic rings. The number of carbonyl (C=O) groups is 2. The number of nitrogens with one attached hydrogen (secondary N) is 1. The minimum atomic E-state index is -0.620. The molecular formula is C16H15N3O4. The van der Waals surface area contributed by atoms with Crippen LogP contribution in [-0.4, -0.2) is 35.2 Å². The van der Waals surface area contributed by atoms with Gasteiger partial charge in [0.05, 0.1) is 11.5 Å². The van der Waals surface area contributed by atoms with Gasteiger partial charge >= 0.3 is 0 Å². The molecule has 7 nitrogen and oxygen atoms in total. The van der Waals surface area contributed by atoms with Gasteiger partial charge in [-0.1, -0.05) is 30.3 Å². The van der Waals surface area contributed by atoms with Crippen LogP contribution in [0.4, 0.5) is 11.4 Å². The summed E-state index contributed by atoms with van der Waals surface area (Å²) in [7, 11) is 1.42. The number of anilines is 1. The highest BCUT2D eigenvalue weighted by Crippen LogP contribution is 2.19. The Morgan fingerprint density at radius 1 is 1.09 bits per heavy atom. The van der Waals surface area contributed by atoms with Crippen LogP contribution >= 0.6 is 0 Å². The zero-order valence-corrected chi connectivity index (χ0v) is 12.4. The Hall–Kier alpha value is -3.22. The molecular weight excluding hydrogens is 298 g/mol. The normalized spacial score (nSPS) is 9.96.